The molecule has 1 aromatic carbocycles. The van der Waals surface area contributed by atoms with Gasteiger partial charge < -0.3 is 4.90 Å². The van der Waals surface area contributed by atoms with E-state index in [0.717, 1.165) is 35.6 Å². The van der Waals surface area contributed by atoms with E-state index in [2.05, 4.69) is 15.0 Å². The molecule has 0 saturated heterocycles. The fourth-order valence-corrected chi connectivity index (χ4v) is 3.11. The zero-order valence-electron chi connectivity index (χ0n) is 12.6. The van der Waals surface area contributed by atoms with Gasteiger partial charge in [-0.3, -0.25) is 10.1 Å². The van der Waals surface area contributed by atoms with Crippen LogP contribution in [0.25, 0.3) is 5.52 Å². The number of nitrogens with zero attached hydrogens (tertiary/aromatic N) is 5. The van der Waals surface area contributed by atoms with Crippen LogP contribution in [0.15, 0.2) is 36.7 Å². The Morgan fingerprint density at radius 2 is 2.13 bits per heavy atom. The second-order valence-electron chi connectivity index (χ2n) is 5.75. The number of fused-ring (bicyclic) bond motifs is 2. The van der Waals surface area contributed by atoms with E-state index in [1.165, 1.54) is 5.56 Å². The molecule has 1 aliphatic heterocycles. The van der Waals surface area contributed by atoms with Gasteiger partial charge in [0.2, 0.25) is 0 Å². The van der Waals surface area contributed by atoms with Crippen molar-refractivity contribution in [1.29, 1.82) is 0 Å². The summed E-state index contributed by atoms with van der Waals surface area (Å²) in [4.78, 5) is 17.3. The average Bonchev–Trinajstić information content (AvgIpc) is 2.93. The number of anilines is 1. The van der Waals surface area contributed by atoms with Crippen LogP contribution >= 0.6 is 0 Å². The largest absolute Gasteiger partial charge is 0.350 e. The molecule has 3 aromatic rings. The summed E-state index contributed by atoms with van der Waals surface area (Å²) in [7, 11) is 0. The van der Waals surface area contributed by atoms with Gasteiger partial charge in [0.25, 0.3) is 5.69 Å². The third-order valence-corrected chi connectivity index (χ3v) is 4.20. The van der Waals surface area contributed by atoms with E-state index in [1.54, 1.807) is 18.3 Å². The Bertz CT molecular complexity index is 918. The van der Waals surface area contributed by atoms with Gasteiger partial charge in [-0.1, -0.05) is 6.07 Å². The lowest BCUT2D eigenvalue weighted by molar-refractivity contribution is -0.384. The minimum atomic E-state index is -0.349. The first-order valence-electron chi connectivity index (χ1n) is 7.44. The molecular formula is C16H15N5O2. The molecule has 0 spiro atoms. The van der Waals surface area contributed by atoms with Crippen molar-refractivity contribution in [3.05, 3.63) is 63.6 Å². The third-order valence-electron chi connectivity index (χ3n) is 4.20. The lowest BCUT2D eigenvalue weighted by Crippen LogP contribution is -2.31. The molecule has 7 nitrogen and oxygen atoms in total. The Morgan fingerprint density at radius 3 is 2.96 bits per heavy atom. The predicted octanol–water partition coefficient (Wildman–Crippen LogP) is 2.51. The van der Waals surface area contributed by atoms with Crippen LogP contribution in [0.1, 0.15) is 16.8 Å². The first-order valence-corrected chi connectivity index (χ1v) is 7.44. The molecule has 0 N–H and O–H groups in total. The van der Waals surface area contributed by atoms with Gasteiger partial charge in [0, 0.05) is 37.6 Å². The van der Waals surface area contributed by atoms with E-state index in [9.17, 15) is 10.1 Å². The molecule has 0 bridgehead atoms. The second-order valence-corrected chi connectivity index (χ2v) is 5.75. The lowest BCUT2D eigenvalue weighted by atomic mass is 9.99. The van der Waals surface area contributed by atoms with Crippen LogP contribution in [-0.2, 0) is 13.0 Å². The Labute approximate surface area is 132 Å². The molecule has 0 radical (unpaired) electrons. The van der Waals surface area contributed by atoms with Crippen molar-refractivity contribution in [3.8, 4) is 0 Å². The molecule has 23 heavy (non-hydrogen) atoms. The molecule has 0 amide bonds. The van der Waals surface area contributed by atoms with Crippen molar-refractivity contribution < 1.29 is 4.92 Å². The summed E-state index contributed by atoms with van der Waals surface area (Å²) in [6, 6.07) is 7.12. The van der Waals surface area contributed by atoms with Gasteiger partial charge >= 0.3 is 0 Å². The molecule has 0 unspecified atom stereocenters. The number of benzene rings is 1. The minimum absolute atomic E-state index is 0.136. The van der Waals surface area contributed by atoms with Crippen LogP contribution in [0.5, 0.6) is 0 Å². The number of hydrogen-bond donors (Lipinski definition) is 0. The van der Waals surface area contributed by atoms with Gasteiger partial charge in [-0.2, -0.15) is 5.10 Å². The van der Waals surface area contributed by atoms with E-state index in [1.807, 2.05) is 29.8 Å². The normalized spacial score (nSPS) is 14.0. The van der Waals surface area contributed by atoms with E-state index in [-0.39, 0.29) is 10.6 Å². The van der Waals surface area contributed by atoms with E-state index in [4.69, 9.17) is 0 Å². The summed E-state index contributed by atoms with van der Waals surface area (Å²) in [6.07, 6.45) is 4.41. The predicted molar refractivity (Wildman–Crippen MR) is 85.6 cm³/mol. The highest BCUT2D eigenvalue weighted by Gasteiger charge is 2.21. The van der Waals surface area contributed by atoms with Gasteiger partial charge in [-0.25, -0.2) is 9.50 Å². The van der Waals surface area contributed by atoms with Crippen LogP contribution in [0.2, 0.25) is 0 Å². The zero-order valence-corrected chi connectivity index (χ0v) is 12.6. The first-order chi connectivity index (χ1) is 11.1. The van der Waals surface area contributed by atoms with Crippen LogP contribution in [0.3, 0.4) is 0 Å². The fourth-order valence-electron chi connectivity index (χ4n) is 3.11. The summed E-state index contributed by atoms with van der Waals surface area (Å²) in [6.45, 7) is 3.40. The maximum absolute atomic E-state index is 11.0. The van der Waals surface area contributed by atoms with E-state index in [0.29, 0.717) is 6.54 Å². The molecular weight excluding hydrogens is 294 g/mol. The Balaban J connectivity index is 1.74. The smallest absolute Gasteiger partial charge is 0.269 e. The van der Waals surface area contributed by atoms with Gasteiger partial charge in [0.15, 0.2) is 5.82 Å². The van der Waals surface area contributed by atoms with Gasteiger partial charge in [0.05, 0.1) is 10.6 Å². The highest BCUT2D eigenvalue weighted by molar-refractivity contribution is 5.69. The molecule has 116 valence electrons. The van der Waals surface area contributed by atoms with Crippen molar-refractivity contribution in [2.75, 3.05) is 11.4 Å². The Hall–Kier alpha value is -2.96. The topological polar surface area (TPSA) is 76.6 Å². The number of aryl methyl sites for hydroxylation is 1. The molecule has 1 aliphatic rings. The molecule has 0 aliphatic carbocycles. The summed E-state index contributed by atoms with van der Waals surface area (Å²) in [5.74, 6) is 0.866. The zero-order chi connectivity index (χ0) is 16.0. The molecule has 4 rings (SSSR count). The highest BCUT2D eigenvalue weighted by atomic mass is 16.6. The summed E-state index contributed by atoms with van der Waals surface area (Å²) >= 11 is 0. The molecule has 0 saturated carbocycles. The van der Waals surface area contributed by atoms with Crippen LogP contribution in [0.4, 0.5) is 11.5 Å². The summed E-state index contributed by atoms with van der Waals surface area (Å²) < 4.78 is 1.82. The van der Waals surface area contributed by atoms with Crippen LogP contribution in [0, 0.1) is 17.0 Å². The Kier molecular flexibility index (Phi) is 3.00. The van der Waals surface area contributed by atoms with Gasteiger partial charge in [-0.05, 0) is 30.5 Å². The number of nitro groups is 1. The lowest BCUT2D eigenvalue weighted by Gasteiger charge is -2.29. The average molecular weight is 309 g/mol. The summed E-state index contributed by atoms with van der Waals surface area (Å²) in [5.41, 5.74) is 4.19. The SMILES string of the molecule is Cc1cc2c(N3CCc4ccc([N+](=O)[O-])cc4C3)nccn2n1. The molecule has 0 atom stereocenters. The first kappa shape index (κ1) is 13.7. The van der Waals surface area contributed by atoms with Crippen molar-refractivity contribution in [3.63, 3.8) is 0 Å². The van der Waals surface area contributed by atoms with E-state index < -0.39 is 0 Å². The Morgan fingerprint density at radius 1 is 1.26 bits per heavy atom. The molecule has 0 fully saturated rings. The number of non-ortho nitro benzene ring substituents is 1. The maximum atomic E-state index is 11.0. The van der Waals surface area contributed by atoms with Crippen LogP contribution in [-0.4, -0.2) is 26.1 Å². The number of hydrogen-bond acceptors (Lipinski definition) is 5. The maximum Gasteiger partial charge on any atom is 0.269 e. The molecule has 7 heteroatoms. The number of nitro benzene ring substituents is 1. The van der Waals surface area contributed by atoms with Crippen LogP contribution < -0.4 is 4.90 Å². The van der Waals surface area contributed by atoms with Crippen molar-refractivity contribution >= 4 is 17.0 Å². The fraction of sp³-hybridized carbons (Fsp3) is 0.250. The second kappa shape index (κ2) is 5.05. The summed E-state index contributed by atoms with van der Waals surface area (Å²) in [5, 5.41) is 15.4. The molecule has 2 aromatic heterocycles. The highest BCUT2D eigenvalue weighted by Crippen LogP contribution is 2.28. The van der Waals surface area contributed by atoms with Crippen molar-refractivity contribution in [1.82, 2.24) is 14.6 Å². The number of rotatable bonds is 2. The number of aromatic nitrogens is 3. The van der Waals surface area contributed by atoms with Gasteiger partial charge in [-0.15, -0.1) is 0 Å². The van der Waals surface area contributed by atoms with Crippen molar-refractivity contribution in [2.24, 2.45) is 0 Å². The minimum Gasteiger partial charge on any atom is -0.350 e. The monoisotopic (exact) mass is 309 g/mol. The van der Waals surface area contributed by atoms with E-state index >= 15 is 0 Å². The van der Waals surface area contributed by atoms with Gasteiger partial charge in [0.1, 0.15) is 5.52 Å². The molecule has 3 heterocycles. The quantitative estimate of drug-likeness (QED) is 0.537. The third kappa shape index (κ3) is 2.30. The van der Waals surface area contributed by atoms with Crippen molar-refractivity contribution in [2.45, 2.75) is 19.9 Å². The standard InChI is InChI=1S/C16H15N5O2/c1-11-8-15-16(17-5-7-20(15)18-11)19-6-4-12-2-3-14(21(22)23)9-13(12)10-19/h2-3,5,7-9H,4,6,10H2,1H3.